The first-order valence-corrected chi connectivity index (χ1v) is 10.4. The molecule has 2 aromatic rings. The maximum Gasteiger partial charge on any atom is 0.339 e. The summed E-state index contributed by atoms with van der Waals surface area (Å²) in [7, 11) is -0.281. The number of benzene rings is 2. The fourth-order valence-corrected chi connectivity index (χ4v) is 4.16. The Morgan fingerprint density at radius 3 is 2.34 bits per heavy atom. The van der Waals surface area contributed by atoms with Crippen molar-refractivity contribution in [2.24, 2.45) is 0 Å². The van der Waals surface area contributed by atoms with Crippen LogP contribution in [-0.4, -0.2) is 28.3 Å². The standard InChI is InChI=1S/C22H19NO5S/c1-23(2)16-13-11-15(12-14-16)21-22(20-18(24)9-6-10-19(20)27-21)28-29(25,26)17-7-4-3-5-8-17/h3-14,21H,1-2H3. The molecule has 2 aromatic carbocycles. The van der Waals surface area contributed by atoms with Crippen LogP contribution >= 0.6 is 0 Å². The van der Waals surface area contributed by atoms with Crippen LogP contribution in [0.1, 0.15) is 11.7 Å². The SMILES string of the molecule is CN(C)c1ccc(C2OC3=CC=CC(=O)C3=C2OS(=O)(=O)c2ccccc2)cc1. The first-order valence-electron chi connectivity index (χ1n) is 8.97. The van der Waals surface area contributed by atoms with Crippen LogP contribution in [-0.2, 0) is 23.8 Å². The highest BCUT2D eigenvalue weighted by atomic mass is 32.2. The van der Waals surface area contributed by atoms with Crippen molar-refractivity contribution in [1.82, 2.24) is 0 Å². The summed E-state index contributed by atoms with van der Waals surface area (Å²) < 4.78 is 37.1. The molecule has 7 heteroatoms. The molecule has 0 bridgehead atoms. The van der Waals surface area contributed by atoms with E-state index in [1.165, 1.54) is 18.2 Å². The average molecular weight is 409 g/mol. The molecule has 0 N–H and O–H groups in total. The number of carbonyl (C=O) groups excluding carboxylic acids is 1. The Morgan fingerprint density at radius 2 is 1.69 bits per heavy atom. The molecule has 1 heterocycles. The Kier molecular flexibility index (Phi) is 4.76. The molecule has 0 saturated carbocycles. The third-order valence-electron chi connectivity index (χ3n) is 4.66. The number of ketones is 1. The fourth-order valence-electron chi connectivity index (χ4n) is 3.17. The van der Waals surface area contributed by atoms with E-state index in [4.69, 9.17) is 8.92 Å². The molecular formula is C22H19NO5S. The number of allylic oxidation sites excluding steroid dienone is 4. The van der Waals surface area contributed by atoms with Gasteiger partial charge in [-0.3, -0.25) is 4.79 Å². The Labute approximate surface area is 169 Å². The van der Waals surface area contributed by atoms with Gasteiger partial charge in [0.2, 0.25) is 0 Å². The second kappa shape index (κ2) is 7.25. The molecule has 0 radical (unpaired) electrons. The summed E-state index contributed by atoms with van der Waals surface area (Å²) in [6.07, 6.45) is 3.72. The number of hydrogen-bond acceptors (Lipinski definition) is 6. The number of fused-ring (bicyclic) bond motifs is 1. The van der Waals surface area contributed by atoms with Crippen LogP contribution in [0.3, 0.4) is 0 Å². The molecule has 0 saturated heterocycles. The number of rotatable bonds is 5. The van der Waals surface area contributed by atoms with Crippen molar-refractivity contribution in [3.05, 3.63) is 95.5 Å². The highest BCUT2D eigenvalue weighted by Crippen LogP contribution is 2.44. The lowest BCUT2D eigenvalue weighted by Crippen LogP contribution is -2.13. The number of anilines is 1. The van der Waals surface area contributed by atoms with E-state index in [1.807, 2.05) is 43.3 Å². The van der Waals surface area contributed by atoms with Gasteiger partial charge in [-0.2, -0.15) is 8.42 Å². The fraction of sp³-hybridized carbons (Fsp3) is 0.136. The van der Waals surface area contributed by atoms with E-state index in [9.17, 15) is 13.2 Å². The lowest BCUT2D eigenvalue weighted by molar-refractivity contribution is -0.111. The molecule has 29 heavy (non-hydrogen) atoms. The van der Waals surface area contributed by atoms with E-state index in [2.05, 4.69) is 0 Å². The van der Waals surface area contributed by atoms with Gasteiger partial charge in [-0.25, -0.2) is 0 Å². The van der Waals surface area contributed by atoms with Crippen molar-refractivity contribution < 1.29 is 22.1 Å². The maximum atomic E-state index is 12.8. The van der Waals surface area contributed by atoms with Crippen LogP contribution in [0.4, 0.5) is 5.69 Å². The molecule has 148 valence electrons. The number of carbonyl (C=O) groups is 1. The van der Waals surface area contributed by atoms with E-state index in [0.717, 1.165) is 5.69 Å². The predicted octanol–water partition coefficient (Wildman–Crippen LogP) is 3.51. The Morgan fingerprint density at radius 1 is 1.00 bits per heavy atom. The zero-order valence-corrected chi connectivity index (χ0v) is 16.7. The van der Waals surface area contributed by atoms with E-state index in [-0.39, 0.29) is 22.0 Å². The van der Waals surface area contributed by atoms with Gasteiger partial charge < -0.3 is 13.8 Å². The minimum absolute atomic E-state index is 0.00559. The van der Waals surface area contributed by atoms with Gasteiger partial charge in [0.25, 0.3) is 0 Å². The van der Waals surface area contributed by atoms with E-state index < -0.39 is 16.2 Å². The van der Waals surface area contributed by atoms with Gasteiger partial charge >= 0.3 is 10.1 Å². The van der Waals surface area contributed by atoms with Gasteiger partial charge in [-0.05, 0) is 36.4 Å². The van der Waals surface area contributed by atoms with Crippen molar-refractivity contribution in [3.8, 4) is 0 Å². The molecule has 1 atom stereocenters. The van der Waals surface area contributed by atoms with Gasteiger partial charge in [0.15, 0.2) is 17.6 Å². The van der Waals surface area contributed by atoms with Crippen LogP contribution in [0.25, 0.3) is 0 Å². The van der Waals surface area contributed by atoms with Gasteiger partial charge in [0.1, 0.15) is 16.2 Å². The second-order valence-corrected chi connectivity index (χ2v) is 8.37. The topological polar surface area (TPSA) is 72.9 Å². The van der Waals surface area contributed by atoms with Gasteiger partial charge in [-0.15, -0.1) is 0 Å². The van der Waals surface area contributed by atoms with Crippen molar-refractivity contribution in [1.29, 1.82) is 0 Å². The highest BCUT2D eigenvalue weighted by molar-refractivity contribution is 7.86. The molecule has 1 aliphatic heterocycles. The summed E-state index contributed by atoms with van der Waals surface area (Å²) in [5, 5.41) is 0. The maximum absolute atomic E-state index is 12.8. The number of ether oxygens (including phenoxy) is 1. The summed E-state index contributed by atoms with van der Waals surface area (Å²) in [6, 6.07) is 15.3. The Hall–Kier alpha value is -3.32. The van der Waals surface area contributed by atoms with Crippen molar-refractivity contribution in [2.45, 2.75) is 11.0 Å². The first-order chi connectivity index (χ1) is 13.9. The zero-order chi connectivity index (χ0) is 20.6. The molecule has 1 aliphatic carbocycles. The van der Waals surface area contributed by atoms with Gasteiger partial charge in [0, 0.05) is 25.3 Å². The summed E-state index contributed by atoms with van der Waals surface area (Å²) in [6.45, 7) is 0. The first kappa shape index (κ1) is 19.0. The van der Waals surface area contributed by atoms with Crippen molar-refractivity contribution in [2.75, 3.05) is 19.0 Å². The molecular weight excluding hydrogens is 390 g/mol. The van der Waals surface area contributed by atoms with Crippen LogP contribution in [0.15, 0.2) is 94.8 Å². The second-order valence-electron chi connectivity index (χ2n) is 6.83. The largest absolute Gasteiger partial charge is 0.477 e. The quantitative estimate of drug-likeness (QED) is 0.704. The number of nitrogens with zero attached hydrogens (tertiary/aromatic N) is 1. The molecule has 0 aromatic heterocycles. The molecule has 6 nitrogen and oxygen atoms in total. The average Bonchev–Trinajstić information content (AvgIpc) is 3.08. The predicted molar refractivity (Wildman–Crippen MR) is 109 cm³/mol. The van der Waals surface area contributed by atoms with Crippen LogP contribution in [0.5, 0.6) is 0 Å². The summed E-state index contributed by atoms with van der Waals surface area (Å²) in [5.74, 6) is -0.0716. The van der Waals surface area contributed by atoms with Crippen LogP contribution in [0, 0.1) is 0 Å². The lowest BCUT2D eigenvalue weighted by Gasteiger charge is -2.18. The van der Waals surface area contributed by atoms with E-state index in [1.54, 1.807) is 30.4 Å². The minimum atomic E-state index is -4.13. The third-order valence-corrected chi connectivity index (χ3v) is 5.91. The summed E-state index contributed by atoms with van der Waals surface area (Å²) in [5.41, 5.74) is 1.80. The number of hydrogen-bond donors (Lipinski definition) is 0. The molecule has 0 fully saturated rings. The highest BCUT2D eigenvalue weighted by Gasteiger charge is 2.40. The molecule has 0 amide bonds. The van der Waals surface area contributed by atoms with Crippen LogP contribution in [0.2, 0.25) is 0 Å². The normalized spacial score (nSPS) is 18.2. The van der Waals surface area contributed by atoms with Gasteiger partial charge in [0.05, 0.1) is 0 Å². The molecule has 0 spiro atoms. The Bertz CT molecular complexity index is 1140. The van der Waals surface area contributed by atoms with Crippen LogP contribution < -0.4 is 4.90 Å². The zero-order valence-electron chi connectivity index (χ0n) is 15.9. The smallest absolute Gasteiger partial charge is 0.339 e. The van der Waals surface area contributed by atoms with Gasteiger partial charge in [-0.1, -0.05) is 36.4 Å². The molecule has 1 unspecified atom stereocenters. The molecule has 2 aliphatic rings. The van der Waals surface area contributed by atoms with E-state index in [0.29, 0.717) is 11.3 Å². The Balaban J connectivity index is 1.77. The summed E-state index contributed by atoms with van der Waals surface area (Å²) in [4.78, 5) is 14.4. The summed E-state index contributed by atoms with van der Waals surface area (Å²) >= 11 is 0. The third kappa shape index (κ3) is 3.56. The van der Waals surface area contributed by atoms with Crippen molar-refractivity contribution in [3.63, 3.8) is 0 Å². The monoisotopic (exact) mass is 409 g/mol. The van der Waals surface area contributed by atoms with Crippen molar-refractivity contribution >= 4 is 21.6 Å². The lowest BCUT2D eigenvalue weighted by atomic mass is 10.0. The minimum Gasteiger partial charge on any atom is -0.477 e. The van der Waals surface area contributed by atoms with E-state index >= 15 is 0 Å². The molecule has 4 rings (SSSR count).